The number of aromatic hydroxyl groups is 1. The summed E-state index contributed by atoms with van der Waals surface area (Å²) in [5, 5.41) is 26.4. The van der Waals surface area contributed by atoms with E-state index in [-0.39, 0.29) is 31.1 Å². The molecule has 0 aromatic heterocycles. The number of carboxylic acids is 1. The first-order valence-corrected chi connectivity index (χ1v) is 12.1. The molecule has 3 unspecified atom stereocenters. The van der Waals surface area contributed by atoms with Gasteiger partial charge in [0.25, 0.3) is 0 Å². The molecule has 33 heavy (non-hydrogen) atoms. The zero-order valence-corrected chi connectivity index (χ0v) is 20.0. The van der Waals surface area contributed by atoms with Crippen molar-refractivity contribution in [3.05, 3.63) is 29.8 Å². The van der Waals surface area contributed by atoms with Gasteiger partial charge < -0.3 is 31.9 Å². The molecule has 0 fully saturated rings. The van der Waals surface area contributed by atoms with Gasteiger partial charge in [-0.1, -0.05) is 26.0 Å². The Morgan fingerprint density at radius 1 is 1.03 bits per heavy atom. The molecule has 0 aliphatic heterocycles. The molecule has 7 N–H and O–H groups in total. The summed E-state index contributed by atoms with van der Waals surface area (Å²) in [6, 6.07) is 3.15. The first-order chi connectivity index (χ1) is 15.5. The van der Waals surface area contributed by atoms with Crippen molar-refractivity contribution >= 4 is 35.5 Å². The van der Waals surface area contributed by atoms with Crippen molar-refractivity contribution in [3.63, 3.8) is 0 Å². The number of benzene rings is 1. The van der Waals surface area contributed by atoms with E-state index in [1.54, 1.807) is 23.9 Å². The number of nitrogens with one attached hydrogen (secondary N) is 3. The lowest BCUT2D eigenvalue weighted by Gasteiger charge is -2.23. The topological polar surface area (TPSA) is 171 Å². The van der Waals surface area contributed by atoms with Gasteiger partial charge in [-0.15, -0.1) is 0 Å². The van der Waals surface area contributed by atoms with E-state index in [9.17, 15) is 29.4 Å². The Bertz CT molecular complexity index is 803. The smallest absolute Gasteiger partial charge is 0.326 e. The van der Waals surface area contributed by atoms with Crippen LogP contribution in [-0.4, -0.2) is 70.6 Å². The highest BCUT2D eigenvalue weighted by atomic mass is 32.2. The van der Waals surface area contributed by atoms with Crippen LogP contribution in [0.2, 0.25) is 0 Å². The normalized spacial score (nSPS) is 13.6. The third-order valence-electron chi connectivity index (χ3n) is 4.74. The zero-order chi connectivity index (χ0) is 25.0. The van der Waals surface area contributed by atoms with Crippen LogP contribution >= 0.6 is 11.8 Å². The number of rotatable bonds is 14. The fraction of sp³-hybridized carbons (Fsp3) is 0.545. The van der Waals surface area contributed by atoms with Crippen LogP contribution in [0.25, 0.3) is 0 Å². The molecule has 184 valence electrons. The van der Waals surface area contributed by atoms with E-state index >= 15 is 0 Å². The van der Waals surface area contributed by atoms with E-state index < -0.39 is 41.8 Å². The molecular formula is C22H34N4O6S. The Labute approximate surface area is 198 Å². The van der Waals surface area contributed by atoms with E-state index in [1.807, 2.05) is 20.1 Å². The van der Waals surface area contributed by atoms with Gasteiger partial charge in [0.15, 0.2) is 0 Å². The monoisotopic (exact) mass is 482 g/mol. The number of carbonyl (C=O) groups is 4. The molecule has 3 amide bonds. The molecule has 0 saturated heterocycles. The number of thioether (sulfide) groups is 1. The highest BCUT2D eigenvalue weighted by molar-refractivity contribution is 7.98. The average Bonchev–Trinajstić information content (AvgIpc) is 2.75. The lowest BCUT2D eigenvalue weighted by Crippen LogP contribution is -2.54. The van der Waals surface area contributed by atoms with E-state index in [0.717, 1.165) is 0 Å². The minimum Gasteiger partial charge on any atom is -0.508 e. The highest BCUT2D eigenvalue weighted by Crippen LogP contribution is 2.12. The predicted octanol–water partition coefficient (Wildman–Crippen LogP) is 0.232. The van der Waals surface area contributed by atoms with Crippen molar-refractivity contribution in [1.29, 1.82) is 0 Å². The summed E-state index contributed by atoms with van der Waals surface area (Å²) in [5.74, 6) is -2.13. The molecule has 1 aromatic carbocycles. The maximum atomic E-state index is 12.9. The molecule has 11 heteroatoms. The second kappa shape index (κ2) is 14.4. The number of aliphatic carboxylic acids is 1. The van der Waals surface area contributed by atoms with E-state index in [2.05, 4.69) is 16.0 Å². The highest BCUT2D eigenvalue weighted by Gasteiger charge is 2.27. The van der Waals surface area contributed by atoms with Crippen LogP contribution in [0.5, 0.6) is 5.75 Å². The molecule has 10 nitrogen and oxygen atoms in total. The van der Waals surface area contributed by atoms with E-state index in [0.29, 0.717) is 17.7 Å². The second-order valence-corrected chi connectivity index (χ2v) is 9.11. The summed E-state index contributed by atoms with van der Waals surface area (Å²) in [7, 11) is 0. The third-order valence-corrected chi connectivity index (χ3v) is 5.39. The lowest BCUT2D eigenvalue weighted by molar-refractivity contribution is -0.142. The molecule has 3 atom stereocenters. The van der Waals surface area contributed by atoms with Gasteiger partial charge in [0, 0.05) is 6.42 Å². The van der Waals surface area contributed by atoms with Gasteiger partial charge in [-0.05, 0) is 48.5 Å². The predicted molar refractivity (Wildman–Crippen MR) is 127 cm³/mol. The van der Waals surface area contributed by atoms with Gasteiger partial charge in [-0.2, -0.15) is 11.8 Å². The fourth-order valence-corrected chi connectivity index (χ4v) is 3.45. The molecule has 1 aromatic rings. The maximum Gasteiger partial charge on any atom is 0.326 e. The van der Waals surface area contributed by atoms with Crippen molar-refractivity contribution in [2.75, 3.05) is 18.6 Å². The summed E-state index contributed by atoms with van der Waals surface area (Å²) in [4.78, 5) is 48.9. The zero-order valence-electron chi connectivity index (χ0n) is 19.2. The number of hydrogen-bond acceptors (Lipinski definition) is 7. The number of hydrogen-bond donors (Lipinski definition) is 6. The molecule has 0 aliphatic rings. The lowest BCUT2D eigenvalue weighted by atomic mass is 10.0. The Balaban J connectivity index is 2.85. The maximum absolute atomic E-state index is 12.9. The number of amides is 3. The first kappa shape index (κ1) is 28.2. The molecule has 1 rings (SSSR count). The van der Waals surface area contributed by atoms with Crippen LogP contribution in [0.4, 0.5) is 0 Å². The van der Waals surface area contributed by atoms with Crippen LogP contribution in [0.15, 0.2) is 24.3 Å². The van der Waals surface area contributed by atoms with Crippen LogP contribution in [-0.2, 0) is 25.6 Å². The SMILES string of the molecule is CSCCC(N)C(=O)NCC(=O)NC(Cc1ccc(O)cc1)C(=O)NC(CC(C)C)C(=O)O. The molecular weight excluding hydrogens is 448 g/mol. The summed E-state index contributed by atoms with van der Waals surface area (Å²) < 4.78 is 0. The van der Waals surface area contributed by atoms with E-state index in [1.165, 1.54) is 12.1 Å². The summed E-state index contributed by atoms with van der Waals surface area (Å²) in [6.45, 7) is 3.30. The fourth-order valence-electron chi connectivity index (χ4n) is 2.96. The van der Waals surface area contributed by atoms with E-state index in [4.69, 9.17) is 5.73 Å². The largest absolute Gasteiger partial charge is 0.508 e. The van der Waals surface area contributed by atoms with Crippen molar-refractivity contribution < 1.29 is 29.4 Å². The van der Waals surface area contributed by atoms with Crippen molar-refractivity contribution in [2.45, 2.75) is 51.2 Å². The number of carboxylic acid groups (broad SMARTS) is 1. The Hall–Kier alpha value is -2.79. The number of nitrogens with two attached hydrogens (primary N) is 1. The second-order valence-electron chi connectivity index (χ2n) is 8.13. The number of phenols is 1. The standard InChI is InChI=1S/C22H34N4O6S/c1-13(2)10-18(22(31)32)26-21(30)17(11-14-4-6-15(27)7-5-14)25-19(28)12-24-20(29)16(23)8-9-33-3/h4-7,13,16-18,27H,8-12,23H2,1-3H3,(H,24,29)(H,25,28)(H,26,30)(H,31,32). The minimum atomic E-state index is -1.17. The van der Waals surface area contributed by atoms with Gasteiger partial charge in [0.1, 0.15) is 17.8 Å². The molecule has 0 radical (unpaired) electrons. The van der Waals surface area contributed by atoms with Crippen LogP contribution < -0.4 is 21.7 Å². The van der Waals surface area contributed by atoms with Crippen molar-refractivity contribution in [1.82, 2.24) is 16.0 Å². The molecule has 0 heterocycles. The molecule has 0 aliphatic carbocycles. The van der Waals surface area contributed by atoms with Gasteiger partial charge in [-0.25, -0.2) is 4.79 Å². The summed E-state index contributed by atoms with van der Waals surface area (Å²) in [5.41, 5.74) is 6.42. The van der Waals surface area contributed by atoms with Crippen LogP contribution in [0, 0.1) is 5.92 Å². The van der Waals surface area contributed by atoms with Gasteiger partial charge >= 0.3 is 5.97 Å². The Morgan fingerprint density at radius 2 is 1.67 bits per heavy atom. The number of phenolic OH excluding ortho intramolecular Hbond substituents is 1. The quantitative estimate of drug-likeness (QED) is 0.219. The van der Waals surface area contributed by atoms with Crippen molar-refractivity contribution in [3.8, 4) is 5.75 Å². The average molecular weight is 483 g/mol. The van der Waals surface area contributed by atoms with Crippen molar-refractivity contribution in [2.24, 2.45) is 11.7 Å². The number of carbonyl (C=O) groups excluding carboxylic acids is 3. The van der Waals surface area contributed by atoms with Gasteiger partial charge in [0.2, 0.25) is 17.7 Å². The molecule has 0 bridgehead atoms. The van der Waals surface area contributed by atoms with Gasteiger partial charge in [-0.3, -0.25) is 14.4 Å². The summed E-state index contributed by atoms with van der Waals surface area (Å²) in [6.07, 6.45) is 2.65. The first-order valence-electron chi connectivity index (χ1n) is 10.7. The van der Waals surface area contributed by atoms with Gasteiger partial charge in [0.05, 0.1) is 12.6 Å². The third kappa shape index (κ3) is 11.1. The minimum absolute atomic E-state index is 0.0297. The summed E-state index contributed by atoms with van der Waals surface area (Å²) >= 11 is 1.55. The Kier molecular flexibility index (Phi) is 12.3. The molecule has 0 saturated carbocycles. The Morgan fingerprint density at radius 3 is 2.21 bits per heavy atom. The van der Waals surface area contributed by atoms with Crippen LogP contribution in [0.1, 0.15) is 32.3 Å². The van der Waals surface area contributed by atoms with Crippen LogP contribution in [0.3, 0.4) is 0 Å². The molecule has 0 spiro atoms.